The van der Waals surface area contributed by atoms with Crippen LogP contribution in [0.1, 0.15) is 0 Å². The minimum Gasteiger partial charge on any atom is -0.353 e. The van der Waals surface area contributed by atoms with Crippen molar-refractivity contribution in [3.8, 4) is 0 Å². The number of piperazine rings is 1. The molecule has 0 aliphatic carbocycles. The number of hydrogen-bond acceptors (Lipinski definition) is 7. The fourth-order valence-corrected chi connectivity index (χ4v) is 3.17. The van der Waals surface area contributed by atoms with Crippen LogP contribution in [-0.4, -0.2) is 56.8 Å². The van der Waals surface area contributed by atoms with Crippen molar-refractivity contribution in [3.05, 3.63) is 37.1 Å². The summed E-state index contributed by atoms with van der Waals surface area (Å²) in [5.41, 5.74) is 0.910. The van der Waals surface area contributed by atoms with Crippen LogP contribution in [0.25, 0.3) is 5.65 Å². The third kappa shape index (κ3) is 2.70. The van der Waals surface area contributed by atoms with Crippen molar-refractivity contribution in [2.24, 2.45) is 0 Å². The molecule has 3 aromatic heterocycles. The molecule has 1 fully saturated rings. The van der Waals surface area contributed by atoms with Gasteiger partial charge in [0.25, 0.3) is 0 Å². The highest BCUT2D eigenvalue weighted by molar-refractivity contribution is 7.98. The number of nitrogens with zero attached hydrogens (tertiary/aromatic N) is 7. The van der Waals surface area contributed by atoms with E-state index in [0.717, 1.165) is 48.6 Å². The Morgan fingerprint density at radius 3 is 2.43 bits per heavy atom. The number of aromatic nitrogens is 5. The van der Waals surface area contributed by atoms with Crippen LogP contribution < -0.4 is 9.80 Å². The Morgan fingerprint density at radius 2 is 1.65 bits per heavy atom. The Hall–Kier alpha value is -2.35. The molecule has 0 amide bonds. The first-order chi connectivity index (χ1) is 11.3. The summed E-state index contributed by atoms with van der Waals surface area (Å²) in [5, 5.41) is 0.814. The number of hydrogen-bond donors (Lipinski definition) is 0. The highest BCUT2D eigenvalue weighted by atomic mass is 32.2. The fourth-order valence-electron chi connectivity index (χ4n) is 2.82. The third-order valence-electron chi connectivity index (χ3n) is 4.00. The van der Waals surface area contributed by atoms with E-state index in [2.05, 4.69) is 29.7 Å². The van der Waals surface area contributed by atoms with Crippen molar-refractivity contribution in [2.75, 3.05) is 42.2 Å². The molecular formula is C15H17N7S. The summed E-state index contributed by atoms with van der Waals surface area (Å²) < 4.78 is 2.00. The van der Waals surface area contributed by atoms with Crippen molar-refractivity contribution >= 4 is 29.0 Å². The molecule has 0 radical (unpaired) electrons. The van der Waals surface area contributed by atoms with E-state index in [1.165, 1.54) is 0 Å². The first-order valence-corrected chi connectivity index (χ1v) is 8.72. The molecule has 3 aromatic rings. The lowest BCUT2D eigenvalue weighted by Crippen LogP contribution is -2.47. The van der Waals surface area contributed by atoms with Crippen LogP contribution in [0.3, 0.4) is 0 Å². The maximum atomic E-state index is 4.58. The monoisotopic (exact) mass is 327 g/mol. The second kappa shape index (κ2) is 6.04. The lowest BCUT2D eigenvalue weighted by molar-refractivity contribution is 0.638. The zero-order valence-corrected chi connectivity index (χ0v) is 13.6. The maximum absolute atomic E-state index is 4.58. The van der Waals surface area contributed by atoms with Gasteiger partial charge >= 0.3 is 0 Å². The van der Waals surface area contributed by atoms with Crippen LogP contribution in [0.2, 0.25) is 0 Å². The number of rotatable bonds is 3. The summed E-state index contributed by atoms with van der Waals surface area (Å²) in [4.78, 5) is 22.3. The van der Waals surface area contributed by atoms with Crippen molar-refractivity contribution in [1.82, 2.24) is 24.3 Å². The summed E-state index contributed by atoms with van der Waals surface area (Å²) in [6, 6.07) is 1.98. The maximum Gasteiger partial charge on any atom is 0.189 e. The highest BCUT2D eigenvalue weighted by Gasteiger charge is 2.21. The lowest BCUT2D eigenvalue weighted by atomic mass is 10.3. The minimum absolute atomic E-state index is 0.814. The molecular weight excluding hydrogens is 310 g/mol. The summed E-state index contributed by atoms with van der Waals surface area (Å²) in [6.45, 7) is 3.62. The average Bonchev–Trinajstić information content (AvgIpc) is 3.11. The lowest BCUT2D eigenvalue weighted by Gasteiger charge is -2.36. The molecule has 0 atom stereocenters. The van der Waals surface area contributed by atoms with Gasteiger partial charge in [0.1, 0.15) is 5.82 Å². The molecule has 4 heterocycles. The average molecular weight is 327 g/mol. The zero-order valence-electron chi connectivity index (χ0n) is 12.8. The standard InChI is InChI=1S/C15H17N7S/c1-23-15-18-3-2-12(19-15)20-8-10-22(11-9-20)14-13-16-4-6-21(13)7-5-17-14/h2-7H,8-11H2,1H3. The molecule has 0 saturated carbocycles. The van der Waals surface area contributed by atoms with E-state index in [4.69, 9.17) is 0 Å². The Labute approximate surface area is 138 Å². The molecule has 0 N–H and O–H groups in total. The summed E-state index contributed by atoms with van der Waals surface area (Å²) >= 11 is 1.57. The van der Waals surface area contributed by atoms with Gasteiger partial charge in [-0.15, -0.1) is 0 Å². The van der Waals surface area contributed by atoms with Gasteiger partial charge in [-0.05, 0) is 12.3 Å². The smallest absolute Gasteiger partial charge is 0.189 e. The number of anilines is 2. The SMILES string of the molecule is CSc1nccc(N2CCN(c3nccn4ccnc34)CC2)n1. The van der Waals surface area contributed by atoms with Gasteiger partial charge in [0.05, 0.1) is 0 Å². The second-order valence-corrected chi connectivity index (χ2v) is 6.06. The topological polar surface area (TPSA) is 62.5 Å². The first kappa shape index (κ1) is 14.3. The Bertz CT molecular complexity index is 810. The van der Waals surface area contributed by atoms with Crippen molar-refractivity contribution in [1.29, 1.82) is 0 Å². The summed E-state index contributed by atoms with van der Waals surface area (Å²) in [5.74, 6) is 1.95. The molecule has 8 heteroatoms. The van der Waals surface area contributed by atoms with Gasteiger partial charge in [-0.3, -0.25) is 0 Å². The van der Waals surface area contributed by atoms with Gasteiger partial charge in [-0.1, -0.05) is 11.8 Å². The molecule has 1 aliphatic heterocycles. The summed E-state index contributed by atoms with van der Waals surface area (Å²) in [6.07, 6.45) is 11.3. The predicted molar refractivity (Wildman–Crippen MR) is 91.2 cm³/mol. The van der Waals surface area contributed by atoms with E-state index >= 15 is 0 Å². The molecule has 0 unspecified atom stereocenters. The first-order valence-electron chi connectivity index (χ1n) is 7.50. The molecule has 1 saturated heterocycles. The van der Waals surface area contributed by atoms with Crippen molar-refractivity contribution in [3.63, 3.8) is 0 Å². The number of thioether (sulfide) groups is 1. The van der Waals surface area contributed by atoms with Gasteiger partial charge < -0.3 is 14.2 Å². The molecule has 0 aromatic carbocycles. The third-order valence-corrected chi connectivity index (χ3v) is 4.56. The van der Waals surface area contributed by atoms with E-state index in [0.29, 0.717) is 0 Å². The van der Waals surface area contributed by atoms with Gasteiger partial charge in [-0.25, -0.2) is 19.9 Å². The molecule has 118 valence electrons. The van der Waals surface area contributed by atoms with Crippen LogP contribution >= 0.6 is 11.8 Å². The largest absolute Gasteiger partial charge is 0.353 e. The van der Waals surface area contributed by atoms with Crippen LogP contribution in [-0.2, 0) is 0 Å². The van der Waals surface area contributed by atoms with Crippen LogP contribution in [0.15, 0.2) is 42.2 Å². The predicted octanol–water partition coefficient (Wildman–Crippen LogP) is 1.57. The molecule has 0 spiro atoms. The summed E-state index contributed by atoms with van der Waals surface area (Å²) in [7, 11) is 0. The Kier molecular flexibility index (Phi) is 3.74. The molecule has 23 heavy (non-hydrogen) atoms. The van der Waals surface area contributed by atoms with E-state index in [9.17, 15) is 0 Å². The number of fused-ring (bicyclic) bond motifs is 1. The number of imidazole rings is 1. The van der Waals surface area contributed by atoms with Gasteiger partial charge in [0, 0.05) is 57.2 Å². The fraction of sp³-hybridized carbons (Fsp3) is 0.333. The van der Waals surface area contributed by atoms with Crippen LogP contribution in [0.5, 0.6) is 0 Å². The van der Waals surface area contributed by atoms with Crippen LogP contribution in [0, 0.1) is 0 Å². The van der Waals surface area contributed by atoms with Crippen molar-refractivity contribution < 1.29 is 0 Å². The molecule has 1 aliphatic rings. The van der Waals surface area contributed by atoms with Crippen LogP contribution in [0.4, 0.5) is 11.6 Å². The van der Waals surface area contributed by atoms with Gasteiger partial charge in [0.15, 0.2) is 16.6 Å². The molecule has 4 rings (SSSR count). The molecule has 0 bridgehead atoms. The quantitative estimate of drug-likeness (QED) is 0.534. The van der Waals surface area contributed by atoms with E-state index in [1.54, 1.807) is 11.8 Å². The minimum atomic E-state index is 0.814. The van der Waals surface area contributed by atoms with Gasteiger partial charge in [0.2, 0.25) is 0 Å². The second-order valence-electron chi connectivity index (χ2n) is 5.28. The van der Waals surface area contributed by atoms with Gasteiger partial charge in [-0.2, -0.15) is 0 Å². The Balaban J connectivity index is 1.51. The zero-order chi connectivity index (χ0) is 15.6. The van der Waals surface area contributed by atoms with E-state index in [-0.39, 0.29) is 0 Å². The van der Waals surface area contributed by atoms with Crippen molar-refractivity contribution in [2.45, 2.75) is 5.16 Å². The van der Waals surface area contributed by atoms with E-state index < -0.39 is 0 Å². The normalized spacial score (nSPS) is 15.3. The Morgan fingerprint density at radius 1 is 0.913 bits per heavy atom. The molecule has 7 nitrogen and oxygen atoms in total. The highest BCUT2D eigenvalue weighted by Crippen LogP contribution is 2.21. The van der Waals surface area contributed by atoms with E-state index in [1.807, 2.05) is 47.7 Å².